The zero-order valence-corrected chi connectivity index (χ0v) is 16.4. The molecule has 28 heavy (non-hydrogen) atoms. The van der Waals surface area contributed by atoms with E-state index < -0.39 is 0 Å². The van der Waals surface area contributed by atoms with Gasteiger partial charge in [-0.3, -0.25) is 9.80 Å². The highest BCUT2D eigenvalue weighted by molar-refractivity contribution is 5.26. The predicted molar refractivity (Wildman–Crippen MR) is 103 cm³/mol. The Kier molecular flexibility index (Phi) is 6.07. The number of methoxy groups -OCH3 is 1. The lowest BCUT2D eigenvalue weighted by Crippen LogP contribution is -2.43. The van der Waals surface area contributed by atoms with Gasteiger partial charge < -0.3 is 19.0 Å². The third-order valence-electron chi connectivity index (χ3n) is 5.61. The topological polar surface area (TPSA) is 82.3 Å². The van der Waals surface area contributed by atoms with E-state index in [2.05, 4.69) is 30.4 Å². The quantitative estimate of drug-likeness (QED) is 0.769. The van der Waals surface area contributed by atoms with E-state index >= 15 is 0 Å². The maximum absolute atomic E-state index is 9.05. The molecule has 8 heteroatoms. The molecule has 4 heterocycles. The van der Waals surface area contributed by atoms with Crippen LogP contribution in [0.25, 0.3) is 0 Å². The van der Waals surface area contributed by atoms with Gasteiger partial charge in [0.2, 0.25) is 0 Å². The van der Waals surface area contributed by atoms with Crippen LogP contribution in [0.15, 0.2) is 24.7 Å². The first-order valence-corrected chi connectivity index (χ1v) is 9.85. The van der Waals surface area contributed by atoms with Crippen molar-refractivity contribution in [2.75, 3.05) is 46.6 Å². The second-order valence-corrected chi connectivity index (χ2v) is 7.74. The number of nitrogens with zero attached hydrogens (tertiary/aromatic N) is 5. The number of hydrogen-bond acceptors (Lipinski definition) is 6. The summed E-state index contributed by atoms with van der Waals surface area (Å²) >= 11 is 0. The van der Waals surface area contributed by atoms with Crippen LogP contribution in [-0.2, 0) is 29.1 Å². The lowest BCUT2D eigenvalue weighted by atomic mass is 10.1. The Morgan fingerprint density at radius 2 is 2.25 bits per heavy atom. The highest BCUT2D eigenvalue weighted by Gasteiger charge is 2.33. The fourth-order valence-electron chi connectivity index (χ4n) is 4.26. The summed E-state index contributed by atoms with van der Waals surface area (Å²) in [6, 6.07) is 4.46. The zero-order valence-electron chi connectivity index (χ0n) is 16.4. The third kappa shape index (κ3) is 4.45. The standard InChI is InChI=1S/C20H28N6O2/c1-27-5-4-25-3-2-22-20(25)13-24-9-17-11-26(19(12-24)15-28-14-17)10-16-6-18(7-21)23-8-16/h2-3,6,8,17,19,23H,4-5,9-15H2,1H3/t17-,19-/m0/s1. The normalized spacial score (nSPS) is 23.4. The number of nitriles is 1. The number of ether oxygens (including phenoxy) is 2. The summed E-state index contributed by atoms with van der Waals surface area (Å²) in [5.74, 6) is 1.57. The van der Waals surface area contributed by atoms with Crippen LogP contribution in [0.3, 0.4) is 0 Å². The van der Waals surface area contributed by atoms with Gasteiger partial charge in [-0.15, -0.1) is 0 Å². The van der Waals surface area contributed by atoms with E-state index in [1.54, 1.807) is 7.11 Å². The summed E-state index contributed by atoms with van der Waals surface area (Å²) in [4.78, 5) is 12.6. The van der Waals surface area contributed by atoms with Gasteiger partial charge in [-0.05, 0) is 11.6 Å². The Morgan fingerprint density at radius 1 is 1.32 bits per heavy atom. The molecule has 2 aliphatic rings. The second kappa shape index (κ2) is 8.88. The van der Waals surface area contributed by atoms with E-state index in [1.165, 1.54) is 0 Å². The molecule has 2 aliphatic heterocycles. The number of fused-ring (bicyclic) bond motifs is 3. The Labute approximate surface area is 165 Å². The number of H-pyrrole nitrogens is 1. The molecule has 2 saturated heterocycles. The molecule has 0 amide bonds. The van der Waals surface area contributed by atoms with Gasteiger partial charge in [-0.25, -0.2) is 4.98 Å². The molecule has 150 valence electrons. The second-order valence-electron chi connectivity index (χ2n) is 7.74. The van der Waals surface area contributed by atoms with Gasteiger partial charge in [0, 0.05) is 70.4 Å². The number of nitrogens with one attached hydrogen (secondary N) is 1. The Balaban J connectivity index is 1.44. The first kappa shape index (κ1) is 19.2. The van der Waals surface area contributed by atoms with Gasteiger partial charge in [0.15, 0.2) is 0 Å². The maximum Gasteiger partial charge on any atom is 0.122 e. The Bertz CT molecular complexity index is 810. The fraction of sp³-hybridized carbons (Fsp3) is 0.600. The molecule has 0 aliphatic carbocycles. The van der Waals surface area contributed by atoms with E-state index in [-0.39, 0.29) is 0 Å². The molecule has 0 saturated carbocycles. The van der Waals surface area contributed by atoms with Crippen LogP contribution in [0.2, 0.25) is 0 Å². The molecule has 2 aromatic rings. The van der Waals surface area contributed by atoms with Crippen molar-refractivity contribution in [2.45, 2.75) is 25.7 Å². The molecule has 2 bridgehead atoms. The average molecular weight is 384 g/mol. The van der Waals surface area contributed by atoms with Gasteiger partial charge in [0.05, 0.1) is 26.4 Å². The van der Waals surface area contributed by atoms with Crippen molar-refractivity contribution < 1.29 is 9.47 Å². The van der Waals surface area contributed by atoms with Crippen LogP contribution in [0.1, 0.15) is 17.1 Å². The molecule has 4 rings (SSSR count). The van der Waals surface area contributed by atoms with Gasteiger partial charge in [0.25, 0.3) is 0 Å². The van der Waals surface area contributed by atoms with Crippen LogP contribution in [0.5, 0.6) is 0 Å². The number of aromatic amines is 1. The van der Waals surface area contributed by atoms with Gasteiger partial charge >= 0.3 is 0 Å². The van der Waals surface area contributed by atoms with Crippen LogP contribution >= 0.6 is 0 Å². The number of hydrogen-bond donors (Lipinski definition) is 1. The fourth-order valence-corrected chi connectivity index (χ4v) is 4.26. The van der Waals surface area contributed by atoms with E-state index in [4.69, 9.17) is 14.7 Å². The Morgan fingerprint density at radius 3 is 3.07 bits per heavy atom. The van der Waals surface area contributed by atoms with Gasteiger partial charge in [-0.2, -0.15) is 5.26 Å². The van der Waals surface area contributed by atoms with Crippen LogP contribution in [-0.4, -0.2) is 76.9 Å². The van der Waals surface area contributed by atoms with Crippen molar-refractivity contribution in [1.29, 1.82) is 5.26 Å². The van der Waals surface area contributed by atoms with E-state index in [1.807, 2.05) is 24.7 Å². The molecular formula is C20H28N6O2. The minimum Gasteiger partial charge on any atom is -0.383 e. The Hall–Kier alpha value is -2.18. The van der Waals surface area contributed by atoms with E-state index in [0.717, 1.165) is 63.9 Å². The maximum atomic E-state index is 9.05. The predicted octanol–water partition coefficient (Wildman–Crippen LogP) is 1.06. The van der Waals surface area contributed by atoms with Crippen molar-refractivity contribution in [3.63, 3.8) is 0 Å². The largest absolute Gasteiger partial charge is 0.383 e. The van der Waals surface area contributed by atoms with Crippen molar-refractivity contribution in [1.82, 2.24) is 24.3 Å². The zero-order chi connectivity index (χ0) is 19.3. The summed E-state index contributed by atoms with van der Waals surface area (Å²) in [6.07, 6.45) is 5.84. The molecule has 0 spiro atoms. The highest BCUT2D eigenvalue weighted by atomic mass is 16.5. The lowest BCUT2D eigenvalue weighted by Gasteiger charge is -2.31. The summed E-state index contributed by atoms with van der Waals surface area (Å²) in [5.41, 5.74) is 1.78. The third-order valence-corrected chi connectivity index (χ3v) is 5.61. The molecule has 0 aromatic carbocycles. The smallest absolute Gasteiger partial charge is 0.122 e. The first-order chi connectivity index (χ1) is 13.7. The summed E-state index contributed by atoms with van der Waals surface area (Å²) in [5, 5.41) is 9.05. The summed E-state index contributed by atoms with van der Waals surface area (Å²) < 4.78 is 13.3. The molecule has 8 nitrogen and oxygen atoms in total. The van der Waals surface area contributed by atoms with Crippen LogP contribution < -0.4 is 0 Å². The highest BCUT2D eigenvalue weighted by Crippen LogP contribution is 2.23. The average Bonchev–Trinajstić information content (AvgIpc) is 3.23. The van der Waals surface area contributed by atoms with E-state index in [0.29, 0.717) is 24.3 Å². The van der Waals surface area contributed by atoms with Gasteiger partial charge in [0.1, 0.15) is 17.6 Å². The molecular weight excluding hydrogens is 356 g/mol. The molecule has 0 unspecified atom stereocenters. The number of aromatic nitrogens is 3. The van der Waals surface area contributed by atoms with Crippen molar-refractivity contribution in [3.05, 3.63) is 41.7 Å². The molecule has 2 fully saturated rings. The molecule has 2 aromatic heterocycles. The summed E-state index contributed by atoms with van der Waals surface area (Å²) in [6.45, 7) is 7.77. The molecule has 0 radical (unpaired) electrons. The lowest BCUT2D eigenvalue weighted by molar-refractivity contribution is 0.0459. The van der Waals surface area contributed by atoms with Gasteiger partial charge in [-0.1, -0.05) is 0 Å². The minimum absolute atomic E-state index is 0.343. The van der Waals surface area contributed by atoms with E-state index in [9.17, 15) is 0 Å². The van der Waals surface area contributed by atoms with Crippen molar-refractivity contribution in [3.8, 4) is 6.07 Å². The van der Waals surface area contributed by atoms with Crippen molar-refractivity contribution in [2.24, 2.45) is 5.92 Å². The van der Waals surface area contributed by atoms with Crippen LogP contribution in [0, 0.1) is 17.2 Å². The monoisotopic (exact) mass is 384 g/mol. The summed E-state index contributed by atoms with van der Waals surface area (Å²) in [7, 11) is 1.73. The SMILES string of the molecule is COCCn1ccnc1CN1C[C@@H]2COC[C@H](C1)N(Cc1c[nH]c(C#N)c1)C2. The number of rotatable bonds is 7. The van der Waals surface area contributed by atoms with Crippen LogP contribution in [0.4, 0.5) is 0 Å². The first-order valence-electron chi connectivity index (χ1n) is 9.85. The molecule has 1 N–H and O–H groups in total. The van der Waals surface area contributed by atoms with Crippen molar-refractivity contribution >= 4 is 0 Å². The number of imidazole rings is 1. The minimum atomic E-state index is 0.343. The molecule has 2 atom stereocenters.